The molecule has 0 saturated heterocycles. The molecule has 3 unspecified atom stereocenters. The van der Waals surface area contributed by atoms with Crippen molar-refractivity contribution < 1.29 is 174 Å². The molecule has 0 aliphatic heterocycles. The number of amides is 4. The molecule has 3 aliphatic rings. The molecule has 3 aromatic rings. The fourth-order valence-electron chi connectivity index (χ4n) is 7.66. The number of carbonyl (C=O) groups excluding carboxylic acids is 6. The molecule has 3 heterocycles. The van der Waals surface area contributed by atoms with Gasteiger partial charge in [0, 0.05) is 186 Å². The molecule has 2 N–H and O–H groups in total. The topological polar surface area (TPSA) is 362 Å². The fourth-order valence-corrected chi connectivity index (χ4v) is 8.39. The van der Waals surface area contributed by atoms with Crippen molar-refractivity contribution in [2.45, 2.75) is 83.5 Å². The number of hydrogen-bond acceptors (Lipinski definition) is 16. The fraction of sp³-hybridized carbons (Fsp3) is 0.479. The normalized spacial score (nSPS) is 17.4. The maximum Gasteiger partial charge on any atom is 0.340 e. The van der Waals surface area contributed by atoms with Crippen LogP contribution in [0.5, 0.6) is 0 Å². The van der Waals surface area contributed by atoms with E-state index in [2.05, 4.69) is 90.8 Å². The average Bonchev–Trinajstić information content (AvgIpc) is 4.10. The smallest absolute Gasteiger partial charge is 0.340 e. The first-order valence-electron chi connectivity index (χ1n) is 22.6. The van der Waals surface area contributed by atoms with Crippen LogP contribution < -0.4 is 11.3 Å². The summed E-state index contributed by atoms with van der Waals surface area (Å²) < 4.78 is 0.802. The molecule has 0 aromatic carbocycles. The van der Waals surface area contributed by atoms with Gasteiger partial charge in [0.15, 0.2) is 0 Å². The van der Waals surface area contributed by atoms with Crippen LogP contribution in [0, 0.1) is 74.3 Å². The quantitative estimate of drug-likeness (QED) is 0.0694. The number of hydrogen-bond donors (Lipinski definition) is 1. The van der Waals surface area contributed by atoms with Gasteiger partial charge in [0.2, 0.25) is 0 Å². The van der Waals surface area contributed by atoms with Gasteiger partial charge in [-0.3, -0.25) is 54.7 Å². The molecule has 0 bridgehead atoms. The maximum atomic E-state index is 11.9. The Balaban J connectivity index is -0.000000429. The van der Waals surface area contributed by atoms with E-state index in [1.165, 1.54) is 47.5 Å². The van der Waals surface area contributed by atoms with Gasteiger partial charge in [0.25, 0.3) is 11.4 Å². The Morgan fingerprint density at radius 3 is 1.47 bits per heavy atom. The van der Waals surface area contributed by atoms with Crippen LogP contribution in [0.2, 0.25) is 0 Å². The molecule has 0 spiro atoms. The van der Waals surface area contributed by atoms with Gasteiger partial charge in [-0.05, 0) is 72.0 Å². The molecule has 3 aromatic heterocycles. The Hall–Kier alpha value is -2.15. The first kappa shape index (κ1) is 82.3. The zero-order valence-corrected chi connectivity index (χ0v) is 58.8. The third kappa shape index (κ3) is 24.7. The van der Waals surface area contributed by atoms with E-state index in [0.717, 1.165) is 38.6 Å². The number of rotatable bonds is 14. The van der Waals surface area contributed by atoms with Crippen LogP contribution in [-0.2, 0) is 192 Å². The summed E-state index contributed by atoms with van der Waals surface area (Å²) >= 11 is 6.19. The van der Waals surface area contributed by atoms with Crippen molar-refractivity contribution in [2.75, 3.05) is 44.6 Å². The second-order valence-electron chi connectivity index (χ2n) is 16.9. The molecular weight excluding hydrogens is 1450 g/mol. The maximum absolute atomic E-state index is 11.9. The number of alkyl halides is 2. The van der Waals surface area contributed by atoms with Gasteiger partial charge in [0.1, 0.15) is 23.8 Å². The number of aryl methyl sites for hydroxylation is 1. The van der Waals surface area contributed by atoms with Crippen LogP contribution in [0.4, 0.5) is 22.7 Å². The number of carbonyl (C=O) groups is 6. The van der Waals surface area contributed by atoms with Crippen molar-refractivity contribution in [1.82, 2.24) is 14.5 Å². The number of anilines is 1. The zero-order chi connectivity index (χ0) is 56.6. The standard InChI is InChI=1S/C12H14N3O3.C12H16N3O.C9H14NO2.C6H5N3O5.C5H10NO.C4H6Br2O.4Y/c1-3-12(11(16)13-2)5-8-4-9(15(17)18)7-14-10(8)6-12;1-3-12(11(16)14-2)5-8-4-9(13)7-15-10(8)6-12;1-3-9(8(12)10-2)5-4-7(11)6-9;1-7-3-4(8(11)12)2-5(6(7)10)9(13)14;1-3-4-5(7)6-2;5-2-1-4(7)3-6;;;;/h4,7H,1,3,5-6H2,2H3,(H,13,16);4,7H,1,3,5-6,13H2,2H3,(H,14,16);1,3-6H2,2H3,(H,10,12);2-3H,1H3;1,3-4H2,2H3,(H,6,7);1-3H2;;;;/q3*-1;;-1;;;;;/p-4. The van der Waals surface area contributed by atoms with Crippen molar-refractivity contribution >= 4 is 89.8 Å². The summed E-state index contributed by atoms with van der Waals surface area (Å²) in [6, 6.07) is 4.02. The van der Waals surface area contributed by atoms with E-state index in [9.17, 15) is 63.9 Å². The van der Waals surface area contributed by atoms with E-state index in [4.69, 9.17) is 5.73 Å². The average molecular weight is 1520 g/mol. The Kier molecular flexibility index (Phi) is 43.2. The number of nitro groups is 3. The molecule has 24 nitrogen and oxygen atoms in total. The summed E-state index contributed by atoms with van der Waals surface area (Å²) in [6.45, 7) is 14.9. The predicted molar refractivity (Wildman–Crippen MR) is 284 cm³/mol. The first-order chi connectivity index (χ1) is 34.8. The van der Waals surface area contributed by atoms with E-state index < -0.39 is 47.9 Å². The molecule has 78 heavy (non-hydrogen) atoms. The number of aromatic nitrogens is 3. The van der Waals surface area contributed by atoms with Crippen molar-refractivity contribution in [3.8, 4) is 0 Å². The third-order valence-corrected chi connectivity index (χ3v) is 13.0. The summed E-state index contributed by atoms with van der Waals surface area (Å²) in [7, 11) is 7.17. The summed E-state index contributed by atoms with van der Waals surface area (Å²) in [5, 5.41) is 47.1. The molecule has 3 aliphatic carbocycles. The van der Waals surface area contributed by atoms with Crippen molar-refractivity contribution in [3.63, 3.8) is 0 Å². The van der Waals surface area contributed by atoms with E-state index in [1.807, 2.05) is 6.07 Å². The number of nitrogen functional groups attached to an aromatic ring is 1. The van der Waals surface area contributed by atoms with E-state index in [1.54, 1.807) is 6.20 Å². The number of ketones is 2. The van der Waals surface area contributed by atoms with Crippen molar-refractivity contribution in [3.05, 3.63) is 149 Å². The number of Topliss-reactive ketones (excluding diaryl/α,β-unsaturated/α-hetero) is 2. The molecule has 1 fully saturated rings. The van der Waals surface area contributed by atoms with Gasteiger partial charge < -0.3 is 78.4 Å². The van der Waals surface area contributed by atoms with Crippen LogP contribution >= 0.6 is 31.9 Å². The van der Waals surface area contributed by atoms with Crippen LogP contribution in [0.1, 0.15) is 80.3 Å². The van der Waals surface area contributed by atoms with E-state index in [-0.39, 0.29) is 172 Å². The Labute approximate surface area is 571 Å². The summed E-state index contributed by atoms with van der Waals surface area (Å²) in [4.78, 5) is 115. The second-order valence-corrected chi connectivity index (χ2v) is 18.2. The van der Waals surface area contributed by atoms with Gasteiger partial charge in [-0.2, -0.15) is 25.7 Å². The minimum atomic E-state index is -0.949. The van der Waals surface area contributed by atoms with Crippen LogP contribution in [0.15, 0.2) is 41.6 Å². The molecular formula is C48H61Br2N11O13Y4-8. The number of nitrogens with zero attached hydrogens (tertiary/aromatic N) is 10. The second kappa shape index (κ2) is 40.9. The molecule has 30 heteroatoms. The minimum Gasteiger partial charge on any atom is -0.656 e. The van der Waals surface area contributed by atoms with E-state index >= 15 is 0 Å². The van der Waals surface area contributed by atoms with Crippen LogP contribution in [0.25, 0.3) is 21.3 Å². The van der Waals surface area contributed by atoms with Crippen LogP contribution in [-0.4, -0.2) is 103 Å². The number of pyridine rings is 3. The monoisotopic (exact) mass is 1510 g/mol. The zero-order valence-electron chi connectivity index (χ0n) is 44.3. The largest absolute Gasteiger partial charge is 0.656 e. The SMILES string of the molecule is Cn1cc([N+](=O)[O-])cc([N+](=O)[O-])c1=O.O=C(CBr)CCBr.[CH2-]CC1(C(=O)[N-]C)CCC(=O)C1.[CH2-]CC1(C(=O)[N-]C)Cc2cc(N)cnc2C1.[CH2-]CC1(C(=O)[N-]C)Cc2cc([N+](=O)[O-])cnc2C1.[CH2-]CCC(=O)[N-]C.[Y].[Y].[Y].[Y]. The van der Waals surface area contributed by atoms with Gasteiger partial charge in [-0.1, -0.05) is 31.9 Å². The molecule has 4 amide bonds. The number of fused-ring (bicyclic) bond motifs is 2. The van der Waals surface area contributed by atoms with Crippen LogP contribution in [0.3, 0.4) is 0 Å². The molecule has 1 saturated carbocycles. The molecule has 4 radical (unpaired) electrons. The molecule has 6 rings (SSSR count). The summed E-state index contributed by atoms with van der Waals surface area (Å²) in [5.74, 6) is -0.108. The van der Waals surface area contributed by atoms with Gasteiger partial charge >= 0.3 is 11.2 Å². The Morgan fingerprint density at radius 2 is 1.13 bits per heavy atom. The first-order valence-corrected chi connectivity index (χ1v) is 24.8. The summed E-state index contributed by atoms with van der Waals surface area (Å²) in [6.07, 6.45) is 10.6. The third-order valence-electron chi connectivity index (χ3n) is 12.0. The van der Waals surface area contributed by atoms with Gasteiger partial charge in [-0.15, -0.1) is 28.2 Å². The van der Waals surface area contributed by atoms with Gasteiger partial charge in [0.05, 0.1) is 55.9 Å². The number of nitrogens with two attached hydrogens (primary N) is 1. The molecule has 420 valence electrons. The van der Waals surface area contributed by atoms with Crippen molar-refractivity contribution in [2.24, 2.45) is 23.3 Å². The van der Waals surface area contributed by atoms with Gasteiger partial charge in [-0.25, -0.2) is 0 Å². The Morgan fingerprint density at radius 1 is 0.667 bits per heavy atom. The predicted octanol–water partition coefficient (Wildman–Crippen LogP) is 7.87. The van der Waals surface area contributed by atoms with E-state index in [0.29, 0.717) is 101 Å². The Bertz CT molecular complexity index is 2570. The molecule has 3 atom stereocenters. The number of halogens is 2. The minimum absolute atomic E-state index is 0. The van der Waals surface area contributed by atoms with Crippen molar-refractivity contribution in [1.29, 1.82) is 0 Å². The summed E-state index contributed by atoms with van der Waals surface area (Å²) in [5.41, 5.74) is 5.91.